The van der Waals surface area contributed by atoms with Crippen molar-refractivity contribution in [2.45, 2.75) is 32.9 Å². The summed E-state index contributed by atoms with van der Waals surface area (Å²) in [5.74, 6) is -1.23. The molecule has 1 aliphatic rings. The van der Waals surface area contributed by atoms with Gasteiger partial charge < -0.3 is 15.0 Å². The quantitative estimate of drug-likeness (QED) is 0.885. The third-order valence-corrected chi connectivity index (χ3v) is 4.68. The van der Waals surface area contributed by atoms with Crippen LogP contribution in [0, 0.1) is 13.8 Å². The molecule has 110 valence electrons. The van der Waals surface area contributed by atoms with Gasteiger partial charge >= 0.3 is 5.97 Å². The molecule has 0 bridgehead atoms. The molecule has 1 atom stereocenters. The second-order valence-corrected chi connectivity index (χ2v) is 6.61. The summed E-state index contributed by atoms with van der Waals surface area (Å²) in [5.41, 5.74) is 2.13. The van der Waals surface area contributed by atoms with Crippen LogP contribution in [0.2, 0.25) is 0 Å². The Kier molecular flexibility index (Phi) is 3.29. The van der Waals surface area contributed by atoms with Crippen molar-refractivity contribution >= 4 is 23.2 Å². The minimum absolute atomic E-state index is 0.232. The van der Waals surface area contributed by atoms with Crippen molar-refractivity contribution in [1.82, 2.24) is 14.9 Å². The van der Waals surface area contributed by atoms with Crippen LogP contribution in [0.4, 0.5) is 0 Å². The molecule has 0 aromatic carbocycles. The van der Waals surface area contributed by atoms with E-state index in [0.29, 0.717) is 5.56 Å². The number of carboxylic acids is 1. The number of H-pyrrole nitrogens is 1. The van der Waals surface area contributed by atoms with E-state index in [1.165, 1.54) is 11.2 Å². The molecule has 7 heteroatoms. The van der Waals surface area contributed by atoms with E-state index in [1.54, 1.807) is 11.3 Å². The fraction of sp³-hybridized carbons (Fsp3) is 0.357. The largest absolute Gasteiger partial charge is 0.480 e. The summed E-state index contributed by atoms with van der Waals surface area (Å²) < 4.78 is 0. The molecule has 0 saturated carbocycles. The summed E-state index contributed by atoms with van der Waals surface area (Å²) in [6.45, 7) is 4.07. The van der Waals surface area contributed by atoms with Gasteiger partial charge in [-0.15, -0.1) is 11.3 Å². The zero-order valence-electron chi connectivity index (χ0n) is 11.7. The van der Waals surface area contributed by atoms with Crippen molar-refractivity contribution in [3.8, 4) is 0 Å². The molecular formula is C14H15N3O3S. The number of aromatic nitrogens is 2. The first-order valence-electron chi connectivity index (χ1n) is 6.59. The van der Waals surface area contributed by atoms with E-state index in [1.807, 2.05) is 19.9 Å². The Labute approximate surface area is 125 Å². The van der Waals surface area contributed by atoms with Gasteiger partial charge in [0.15, 0.2) is 0 Å². The van der Waals surface area contributed by atoms with Gasteiger partial charge in [-0.1, -0.05) is 0 Å². The van der Waals surface area contributed by atoms with Crippen molar-refractivity contribution < 1.29 is 14.7 Å². The van der Waals surface area contributed by atoms with E-state index >= 15 is 0 Å². The maximum Gasteiger partial charge on any atom is 0.326 e. The SMILES string of the molecule is Cc1cc(C(=O)N2Cc3[nH]cnc3CC2C(=O)O)c(C)s1. The summed E-state index contributed by atoms with van der Waals surface area (Å²) in [7, 11) is 0. The number of nitrogens with zero attached hydrogens (tertiary/aromatic N) is 2. The zero-order valence-corrected chi connectivity index (χ0v) is 12.5. The molecule has 1 unspecified atom stereocenters. The van der Waals surface area contributed by atoms with Crippen LogP contribution < -0.4 is 0 Å². The summed E-state index contributed by atoms with van der Waals surface area (Å²) in [5, 5.41) is 9.41. The predicted molar refractivity (Wildman–Crippen MR) is 77.4 cm³/mol. The lowest BCUT2D eigenvalue weighted by Gasteiger charge is -2.32. The molecule has 0 radical (unpaired) electrons. The Hall–Kier alpha value is -2.15. The number of rotatable bonds is 2. The Bertz CT molecular complexity index is 719. The highest BCUT2D eigenvalue weighted by Gasteiger charge is 2.36. The number of aliphatic carboxylic acids is 1. The lowest BCUT2D eigenvalue weighted by molar-refractivity contribution is -0.142. The first-order valence-corrected chi connectivity index (χ1v) is 7.41. The van der Waals surface area contributed by atoms with Crippen LogP contribution in [-0.2, 0) is 17.8 Å². The third-order valence-electron chi connectivity index (χ3n) is 3.72. The molecule has 0 spiro atoms. The van der Waals surface area contributed by atoms with Crippen LogP contribution in [0.15, 0.2) is 12.4 Å². The van der Waals surface area contributed by atoms with Gasteiger partial charge in [0.2, 0.25) is 0 Å². The molecule has 6 nitrogen and oxygen atoms in total. The molecule has 0 fully saturated rings. The van der Waals surface area contributed by atoms with Crippen LogP contribution in [-0.4, -0.2) is 37.9 Å². The maximum absolute atomic E-state index is 12.7. The molecule has 21 heavy (non-hydrogen) atoms. The predicted octanol–water partition coefficient (Wildman–Crippen LogP) is 1.74. The van der Waals surface area contributed by atoms with Crippen LogP contribution in [0.1, 0.15) is 31.5 Å². The van der Waals surface area contributed by atoms with E-state index in [4.69, 9.17) is 0 Å². The zero-order chi connectivity index (χ0) is 15.1. The van der Waals surface area contributed by atoms with E-state index < -0.39 is 12.0 Å². The van der Waals surface area contributed by atoms with Gasteiger partial charge in [0.1, 0.15) is 6.04 Å². The molecule has 2 aromatic rings. The molecule has 0 aliphatic carbocycles. The standard InChI is InChI=1S/C14H15N3O3S/c1-7-3-9(8(2)21-7)13(18)17-5-11-10(15-6-16-11)4-12(17)14(19)20/h3,6,12H,4-5H2,1-2H3,(H,15,16)(H,19,20). The van der Waals surface area contributed by atoms with Crippen LogP contribution >= 0.6 is 11.3 Å². The summed E-state index contributed by atoms with van der Waals surface area (Å²) >= 11 is 1.54. The van der Waals surface area contributed by atoms with E-state index in [9.17, 15) is 14.7 Å². The minimum atomic E-state index is -0.999. The van der Waals surface area contributed by atoms with Gasteiger partial charge in [-0.05, 0) is 19.9 Å². The van der Waals surface area contributed by atoms with Gasteiger partial charge in [0, 0.05) is 16.2 Å². The van der Waals surface area contributed by atoms with Crippen molar-refractivity contribution in [1.29, 1.82) is 0 Å². The molecule has 0 saturated heterocycles. The Balaban J connectivity index is 1.97. The molecule has 2 N–H and O–H groups in total. The van der Waals surface area contributed by atoms with Crippen LogP contribution in [0.5, 0.6) is 0 Å². The van der Waals surface area contributed by atoms with Crippen LogP contribution in [0.3, 0.4) is 0 Å². The first kappa shape index (κ1) is 13.8. The van der Waals surface area contributed by atoms with Gasteiger partial charge in [-0.2, -0.15) is 0 Å². The number of carbonyl (C=O) groups excluding carboxylic acids is 1. The molecule has 3 rings (SSSR count). The maximum atomic E-state index is 12.7. The smallest absolute Gasteiger partial charge is 0.326 e. The fourth-order valence-electron chi connectivity index (χ4n) is 2.67. The number of carbonyl (C=O) groups is 2. The summed E-state index contributed by atoms with van der Waals surface area (Å²) in [6.07, 6.45) is 1.78. The summed E-state index contributed by atoms with van der Waals surface area (Å²) in [6, 6.07) is 0.955. The van der Waals surface area contributed by atoms with Crippen molar-refractivity contribution in [2.75, 3.05) is 0 Å². The lowest BCUT2D eigenvalue weighted by Crippen LogP contribution is -2.48. The number of amides is 1. The molecule has 3 heterocycles. The number of thiophene rings is 1. The average Bonchev–Trinajstić information content (AvgIpc) is 3.01. The number of aryl methyl sites for hydroxylation is 2. The average molecular weight is 305 g/mol. The van der Waals surface area contributed by atoms with Gasteiger partial charge in [-0.25, -0.2) is 9.78 Å². The Morgan fingerprint density at radius 2 is 2.24 bits per heavy atom. The first-order chi connectivity index (χ1) is 9.97. The fourth-order valence-corrected chi connectivity index (χ4v) is 3.58. The monoisotopic (exact) mass is 305 g/mol. The van der Waals surface area contributed by atoms with Gasteiger partial charge in [0.25, 0.3) is 5.91 Å². The molecule has 1 aliphatic heterocycles. The third kappa shape index (κ3) is 2.33. The van der Waals surface area contributed by atoms with Gasteiger partial charge in [0.05, 0.1) is 29.8 Å². The topological polar surface area (TPSA) is 86.3 Å². The number of hydrogen-bond acceptors (Lipinski definition) is 4. The van der Waals surface area contributed by atoms with Crippen molar-refractivity contribution in [3.05, 3.63) is 39.1 Å². The second kappa shape index (κ2) is 5.00. The highest BCUT2D eigenvalue weighted by atomic mass is 32.1. The lowest BCUT2D eigenvalue weighted by atomic mass is 10.0. The molecule has 1 amide bonds. The van der Waals surface area contributed by atoms with E-state index in [0.717, 1.165) is 21.1 Å². The Morgan fingerprint density at radius 1 is 1.48 bits per heavy atom. The number of carboxylic acid groups (broad SMARTS) is 1. The van der Waals surface area contributed by atoms with Gasteiger partial charge in [-0.3, -0.25) is 4.79 Å². The minimum Gasteiger partial charge on any atom is -0.480 e. The number of nitrogens with one attached hydrogen (secondary N) is 1. The molecule has 2 aromatic heterocycles. The molecular weight excluding hydrogens is 290 g/mol. The van der Waals surface area contributed by atoms with Crippen molar-refractivity contribution in [2.24, 2.45) is 0 Å². The number of imidazole rings is 1. The van der Waals surface area contributed by atoms with E-state index in [-0.39, 0.29) is 18.9 Å². The Morgan fingerprint density at radius 3 is 2.86 bits per heavy atom. The second-order valence-electron chi connectivity index (χ2n) is 5.15. The highest BCUT2D eigenvalue weighted by Crippen LogP contribution is 2.27. The van der Waals surface area contributed by atoms with Crippen molar-refractivity contribution in [3.63, 3.8) is 0 Å². The highest BCUT2D eigenvalue weighted by molar-refractivity contribution is 7.12. The summed E-state index contributed by atoms with van der Waals surface area (Å²) in [4.78, 5) is 34.7. The van der Waals surface area contributed by atoms with Crippen LogP contribution in [0.25, 0.3) is 0 Å². The normalized spacial score (nSPS) is 17.6. The number of aromatic amines is 1. The number of fused-ring (bicyclic) bond motifs is 1. The number of hydrogen-bond donors (Lipinski definition) is 2. The van der Waals surface area contributed by atoms with E-state index in [2.05, 4.69) is 9.97 Å².